The number of benzene rings is 1. The van der Waals surface area contributed by atoms with Gasteiger partial charge < -0.3 is 20.1 Å². The minimum atomic E-state index is 0.779. The van der Waals surface area contributed by atoms with E-state index in [-0.39, 0.29) is 0 Å². The molecule has 0 atom stereocenters. The van der Waals surface area contributed by atoms with E-state index in [1.807, 2.05) is 12.1 Å². The van der Waals surface area contributed by atoms with Crippen molar-refractivity contribution in [3.8, 4) is 11.5 Å². The standard InChI is InChI=1S/C16H27N3O2/c1-20-15-6-3-5-14(16(15)21-2)13-19-11-9-18(10-12-19)8-4-7-17/h3,5-6H,4,7-13,17H2,1-2H3. The smallest absolute Gasteiger partial charge is 0.165 e. The third-order valence-electron chi connectivity index (χ3n) is 4.02. The zero-order valence-corrected chi connectivity index (χ0v) is 13.2. The van der Waals surface area contributed by atoms with Crippen molar-refractivity contribution in [2.24, 2.45) is 5.73 Å². The van der Waals surface area contributed by atoms with E-state index in [2.05, 4.69) is 15.9 Å². The number of para-hydroxylation sites is 1. The Morgan fingerprint density at radius 3 is 2.38 bits per heavy atom. The van der Waals surface area contributed by atoms with Crippen molar-refractivity contribution in [3.63, 3.8) is 0 Å². The van der Waals surface area contributed by atoms with Crippen LogP contribution in [0.1, 0.15) is 12.0 Å². The molecule has 0 unspecified atom stereocenters. The summed E-state index contributed by atoms with van der Waals surface area (Å²) < 4.78 is 10.9. The van der Waals surface area contributed by atoms with Gasteiger partial charge >= 0.3 is 0 Å². The van der Waals surface area contributed by atoms with Gasteiger partial charge in [0, 0.05) is 38.3 Å². The number of piperazine rings is 1. The van der Waals surface area contributed by atoms with Crippen LogP contribution in [0.4, 0.5) is 0 Å². The average Bonchev–Trinajstić information content (AvgIpc) is 2.54. The maximum atomic E-state index is 5.57. The molecular weight excluding hydrogens is 266 g/mol. The molecule has 1 aliphatic heterocycles. The Balaban J connectivity index is 1.91. The van der Waals surface area contributed by atoms with Gasteiger partial charge in [-0.25, -0.2) is 0 Å². The van der Waals surface area contributed by atoms with Gasteiger partial charge in [-0.05, 0) is 25.6 Å². The summed E-state index contributed by atoms with van der Waals surface area (Å²) >= 11 is 0. The topological polar surface area (TPSA) is 51.0 Å². The van der Waals surface area contributed by atoms with Crippen molar-refractivity contribution in [2.45, 2.75) is 13.0 Å². The van der Waals surface area contributed by atoms with Crippen LogP contribution in [0.2, 0.25) is 0 Å². The first-order valence-corrected chi connectivity index (χ1v) is 7.63. The molecule has 0 saturated carbocycles. The number of nitrogens with zero attached hydrogens (tertiary/aromatic N) is 2. The maximum Gasteiger partial charge on any atom is 0.165 e. The van der Waals surface area contributed by atoms with Gasteiger partial charge in [-0.1, -0.05) is 12.1 Å². The van der Waals surface area contributed by atoms with Crippen LogP contribution < -0.4 is 15.2 Å². The summed E-state index contributed by atoms with van der Waals surface area (Å²) in [5.41, 5.74) is 6.76. The number of hydrogen-bond acceptors (Lipinski definition) is 5. The van der Waals surface area contributed by atoms with Crippen LogP contribution in [0.5, 0.6) is 11.5 Å². The van der Waals surface area contributed by atoms with Crippen molar-refractivity contribution in [3.05, 3.63) is 23.8 Å². The predicted molar refractivity (Wildman–Crippen MR) is 84.9 cm³/mol. The van der Waals surface area contributed by atoms with Crippen molar-refractivity contribution in [2.75, 3.05) is 53.5 Å². The quantitative estimate of drug-likeness (QED) is 0.818. The zero-order chi connectivity index (χ0) is 15.1. The van der Waals surface area contributed by atoms with E-state index in [1.54, 1.807) is 14.2 Å². The van der Waals surface area contributed by atoms with E-state index in [0.29, 0.717) is 0 Å². The van der Waals surface area contributed by atoms with E-state index in [9.17, 15) is 0 Å². The lowest BCUT2D eigenvalue weighted by Crippen LogP contribution is -2.46. The Bertz CT molecular complexity index is 432. The van der Waals surface area contributed by atoms with Crippen LogP contribution in [-0.2, 0) is 6.54 Å². The van der Waals surface area contributed by atoms with Crippen LogP contribution in [0.15, 0.2) is 18.2 Å². The summed E-state index contributed by atoms with van der Waals surface area (Å²) in [5, 5.41) is 0. The number of nitrogens with two attached hydrogens (primary N) is 1. The molecule has 5 heteroatoms. The lowest BCUT2D eigenvalue weighted by molar-refractivity contribution is 0.126. The van der Waals surface area contributed by atoms with Crippen LogP contribution in [0.25, 0.3) is 0 Å². The highest BCUT2D eigenvalue weighted by Gasteiger charge is 2.18. The second kappa shape index (κ2) is 8.22. The first kappa shape index (κ1) is 16.1. The number of hydrogen-bond donors (Lipinski definition) is 1. The highest BCUT2D eigenvalue weighted by atomic mass is 16.5. The van der Waals surface area contributed by atoms with Crippen LogP contribution in [0.3, 0.4) is 0 Å². The fourth-order valence-electron chi connectivity index (χ4n) is 2.81. The molecule has 2 N–H and O–H groups in total. The molecule has 21 heavy (non-hydrogen) atoms. The lowest BCUT2D eigenvalue weighted by Gasteiger charge is -2.34. The van der Waals surface area contributed by atoms with Gasteiger partial charge in [-0.3, -0.25) is 4.90 Å². The minimum Gasteiger partial charge on any atom is -0.493 e. The number of ether oxygens (including phenoxy) is 2. The monoisotopic (exact) mass is 293 g/mol. The fourth-order valence-corrected chi connectivity index (χ4v) is 2.81. The Labute approximate surface area is 127 Å². The predicted octanol–water partition coefficient (Wildman–Crippen LogP) is 1.17. The van der Waals surface area contributed by atoms with Crippen molar-refractivity contribution < 1.29 is 9.47 Å². The normalized spacial score (nSPS) is 16.9. The van der Waals surface area contributed by atoms with Crippen LogP contribution in [-0.4, -0.2) is 63.3 Å². The fraction of sp³-hybridized carbons (Fsp3) is 0.625. The molecule has 1 saturated heterocycles. The minimum absolute atomic E-state index is 0.779. The van der Waals surface area contributed by atoms with Crippen LogP contribution in [0, 0.1) is 0 Å². The van der Waals surface area contributed by atoms with Crippen molar-refractivity contribution in [1.82, 2.24) is 9.80 Å². The molecule has 1 aliphatic rings. The largest absolute Gasteiger partial charge is 0.493 e. The lowest BCUT2D eigenvalue weighted by atomic mass is 10.1. The molecule has 1 fully saturated rings. The van der Waals surface area contributed by atoms with E-state index >= 15 is 0 Å². The molecule has 0 aliphatic carbocycles. The van der Waals surface area contributed by atoms with Gasteiger partial charge in [-0.2, -0.15) is 0 Å². The highest BCUT2D eigenvalue weighted by Crippen LogP contribution is 2.31. The second-order valence-corrected chi connectivity index (χ2v) is 5.41. The molecule has 1 heterocycles. The Hall–Kier alpha value is -1.30. The summed E-state index contributed by atoms with van der Waals surface area (Å²) in [7, 11) is 3.38. The molecule has 0 bridgehead atoms. The maximum absolute atomic E-state index is 5.57. The number of methoxy groups -OCH3 is 2. The Morgan fingerprint density at radius 1 is 1.05 bits per heavy atom. The molecule has 1 aromatic carbocycles. The van der Waals surface area contributed by atoms with E-state index in [0.717, 1.165) is 63.7 Å². The Morgan fingerprint density at radius 2 is 1.76 bits per heavy atom. The molecule has 0 spiro atoms. The summed E-state index contributed by atoms with van der Waals surface area (Å²) in [6.07, 6.45) is 1.09. The Kier molecular flexibility index (Phi) is 6.29. The zero-order valence-electron chi connectivity index (χ0n) is 13.2. The summed E-state index contributed by atoms with van der Waals surface area (Å²) in [6.45, 7) is 7.22. The summed E-state index contributed by atoms with van der Waals surface area (Å²) in [6, 6.07) is 6.07. The number of rotatable bonds is 7. The molecule has 0 amide bonds. The van der Waals surface area contributed by atoms with Gasteiger partial charge in [0.25, 0.3) is 0 Å². The average molecular weight is 293 g/mol. The second-order valence-electron chi connectivity index (χ2n) is 5.41. The van der Waals surface area contributed by atoms with Gasteiger partial charge in [0.05, 0.1) is 14.2 Å². The van der Waals surface area contributed by atoms with Crippen LogP contribution >= 0.6 is 0 Å². The first-order chi connectivity index (χ1) is 10.3. The molecule has 0 aromatic heterocycles. The molecule has 1 aromatic rings. The summed E-state index contributed by atoms with van der Waals surface area (Å²) in [5.74, 6) is 1.65. The molecule has 2 rings (SSSR count). The van der Waals surface area contributed by atoms with E-state index < -0.39 is 0 Å². The van der Waals surface area contributed by atoms with Gasteiger partial charge in [0.15, 0.2) is 11.5 Å². The molecule has 0 radical (unpaired) electrons. The SMILES string of the molecule is COc1cccc(CN2CCN(CCCN)CC2)c1OC. The van der Waals surface area contributed by atoms with Gasteiger partial charge in [0.1, 0.15) is 0 Å². The van der Waals surface area contributed by atoms with E-state index in [4.69, 9.17) is 15.2 Å². The molecule has 118 valence electrons. The third kappa shape index (κ3) is 4.33. The molecule has 5 nitrogen and oxygen atoms in total. The molecular formula is C16H27N3O2. The first-order valence-electron chi connectivity index (χ1n) is 7.63. The third-order valence-corrected chi connectivity index (χ3v) is 4.02. The highest BCUT2D eigenvalue weighted by molar-refractivity contribution is 5.46. The van der Waals surface area contributed by atoms with Crippen molar-refractivity contribution in [1.29, 1.82) is 0 Å². The van der Waals surface area contributed by atoms with E-state index in [1.165, 1.54) is 5.56 Å². The van der Waals surface area contributed by atoms with Gasteiger partial charge in [0.2, 0.25) is 0 Å². The van der Waals surface area contributed by atoms with Gasteiger partial charge in [-0.15, -0.1) is 0 Å². The van der Waals surface area contributed by atoms with Crippen molar-refractivity contribution >= 4 is 0 Å². The summed E-state index contributed by atoms with van der Waals surface area (Å²) in [4.78, 5) is 4.96.